The van der Waals surface area contributed by atoms with Crippen LogP contribution in [0.25, 0.3) is 0 Å². The van der Waals surface area contributed by atoms with Crippen molar-refractivity contribution in [3.8, 4) is 5.75 Å². The zero-order chi connectivity index (χ0) is 18.4. The van der Waals surface area contributed by atoms with Crippen molar-refractivity contribution in [1.29, 1.82) is 0 Å². The third-order valence-electron chi connectivity index (χ3n) is 3.14. The topological polar surface area (TPSA) is 84.5 Å². The maximum absolute atomic E-state index is 12.1. The molecule has 0 heterocycles. The average molecular weight is 368 g/mol. The Morgan fingerprint density at radius 2 is 1.71 bits per heavy atom. The maximum atomic E-state index is 12.1. The molecule has 1 rings (SSSR count). The molecular formula is C14H19F3N2O4S. The van der Waals surface area contributed by atoms with Crippen LogP contribution in [0.5, 0.6) is 5.75 Å². The smallest absolute Gasteiger partial charge is 0.406 e. The van der Waals surface area contributed by atoms with E-state index in [4.69, 9.17) is 0 Å². The van der Waals surface area contributed by atoms with Crippen LogP contribution < -0.4 is 14.8 Å². The number of ether oxygens (including phenoxy) is 1. The Hall–Kier alpha value is -1.81. The Morgan fingerprint density at radius 1 is 1.17 bits per heavy atom. The van der Waals surface area contributed by atoms with Crippen molar-refractivity contribution in [3.05, 3.63) is 24.3 Å². The standard InChI is InChI=1S/C14H19F3N2O4S/c1-3-10(4-2)19-13(20)9-18-24(21,22)12-7-5-11(6-8-12)23-14(15,16)17/h5-8,10,18H,3-4,9H2,1-2H3,(H,19,20). The van der Waals surface area contributed by atoms with Crippen LogP contribution in [-0.4, -0.2) is 33.3 Å². The summed E-state index contributed by atoms with van der Waals surface area (Å²) in [6.07, 6.45) is -3.42. The molecule has 0 aliphatic heterocycles. The molecule has 6 nitrogen and oxygen atoms in total. The van der Waals surface area contributed by atoms with E-state index in [1.54, 1.807) is 0 Å². The van der Waals surface area contributed by atoms with Gasteiger partial charge in [-0.2, -0.15) is 0 Å². The molecule has 0 saturated carbocycles. The molecule has 24 heavy (non-hydrogen) atoms. The molecule has 1 aromatic rings. The van der Waals surface area contributed by atoms with Gasteiger partial charge in [0.1, 0.15) is 5.75 Å². The molecule has 0 unspecified atom stereocenters. The van der Waals surface area contributed by atoms with Crippen molar-refractivity contribution in [1.82, 2.24) is 10.0 Å². The lowest BCUT2D eigenvalue weighted by molar-refractivity contribution is -0.274. The largest absolute Gasteiger partial charge is 0.573 e. The monoisotopic (exact) mass is 368 g/mol. The number of amides is 1. The number of benzene rings is 1. The van der Waals surface area contributed by atoms with E-state index in [0.717, 1.165) is 37.1 Å². The van der Waals surface area contributed by atoms with E-state index in [2.05, 4.69) is 14.8 Å². The minimum absolute atomic E-state index is 0.0409. The summed E-state index contributed by atoms with van der Waals surface area (Å²) in [5, 5.41) is 2.66. The second-order valence-corrected chi connectivity index (χ2v) is 6.69. The normalized spacial score (nSPS) is 12.2. The number of hydrogen-bond acceptors (Lipinski definition) is 4. The van der Waals surface area contributed by atoms with Crippen molar-refractivity contribution >= 4 is 15.9 Å². The highest BCUT2D eigenvalue weighted by molar-refractivity contribution is 7.89. The first-order valence-electron chi connectivity index (χ1n) is 7.22. The van der Waals surface area contributed by atoms with Crippen LogP contribution in [0.15, 0.2) is 29.2 Å². The number of rotatable bonds is 8. The lowest BCUT2D eigenvalue weighted by Crippen LogP contribution is -2.41. The summed E-state index contributed by atoms with van der Waals surface area (Å²) in [7, 11) is -4.01. The lowest BCUT2D eigenvalue weighted by atomic mass is 10.2. The number of carbonyl (C=O) groups is 1. The molecule has 0 atom stereocenters. The Bertz CT molecular complexity index is 641. The van der Waals surface area contributed by atoms with Crippen molar-refractivity contribution in [3.63, 3.8) is 0 Å². The Kier molecular flexibility index (Phi) is 7.03. The molecule has 1 aromatic carbocycles. The predicted octanol–water partition coefficient (Wildman–Crippen LogP) is 2.17. The van der Waals surface area contributed by atoms with Gasteiger partial charge in [-0.3, -0.25) is 4.79 Å². The van der Waals surface area contributed by atoms with Crippen LogP contribution >= 0.6 is 0 Å². The summed E-state index contributed by atoms with van der Waals surface area (Å²) >= 11 is 0. The summed E-state index contributed by atoms with van der Waals surface area (Å²) in [5.74, 6) is -1.02. The zero-order valence-corrected chi connectivity index (χ0v) is 14.0. The van der Waals surface area contributed by atoms with Gasteiger partial charge < -0.3 is 10.1 Å². The molecule has 136 valence electrons. The predicted molar refractivity (Wildman–Crippen MR) is 80.8 cm³/mol. The fourth-order valence-corrected chi connectivity index (χ4v) is 2.82. The second kappa shape index (κ2) is 8.34. The van der Waals surface area contributed by atoms with Gasteiger partial charge in [-0.15, -0.1) is 13.2 Å². The first-order chi connectivity index (χ1) is 11.1. The summed E-state index contributed by atoms with van der Waals surface area (Å²) in [6.45, 7) is 3.33. The molecule has 0 bridgehead atoms. The molecule has 0 aliphatic carbocycles. The Labute approximate surface area is 138 Å². The van der Waals surface area contributed by atoms with Crippen LogP contribution in [0.1, 0.15) is 26.7 Å². The Balaban J connectivity index is 2.67. The molecule has 0 fully saturated rings. The van der Waals surface area contributed by atoms with Crippen molar-refractivity contribution in [2.45, 2.75) is 44.0 Å². The molecule has 10 heteroatoms. The van der Waals surface area contributed by atoms with E-state index in [9.17, 15) is 26.4 Å². The number of alkyl halides is 3. The molecule has 2 N–H and O–H groups in total. The van der Waals surface area contributed by atoms with Crippen LogP contribution in [-0.2, 0) is 14.8 Å². The van der Waals surface area contributed by atoms with Gasteiger partial charge in [0.2, 0.25) is 15.9 Å². The van der Waals surface area contributed by atoms with Crippen molar-refractivity contribution < 1.29 is 31.1 Å². The molecular weight excluding hydrogens is 349 g/mol. The van der Waals surface area contributed by atoms with E-state index in [1.165, 1.54) is 0 Å². The molecule has 0 aromatic heterocycles. The average Bonchev–Trinajstić information content (AvgIpc) is 2.49. The number of halogens is 3. The molecule has 0 aliphatic rings. The van der Waals surface area contributed by atoms with E-state index in [-0.39, 0.29) is 10.9 Å². The Morgan fingerprint density at radius 3 is 2.17 bits per heavy atom. The number of carbonyl (C=O) groups excluding carboxylic acids is 1. The van der Waals surface area contributed by atoms with Gasteiger partial charge >= 0.3 is 6.36 Å². The molecule has 1 amide bonds. The van der Waals surface area contributed by atoms with E-state index in [1.807, 2.05) is 13.8 Å². The van der Waals surface area contributed by atoms with E-state index < -0.39 is 34.6 Å². The van der Waals surface area contributed by atoms with Gasteiger partial charge in [-0.25, -0.2) is 13.1 Å². The molecule has 0 spiro atoms. The van der Waals surface area contributed by atoms with Gasteiger partial charge in [0.05, 0.1) is 11.4 Å². The first kappa shape index (κ1) is 20.2. The van der Waals surface area contributed by atoms with Crippen LogP contribution in [0.2, 0.25) is 0 Å². The van der Waals surface area contributed by atoms with Crippen LogP contribution in [0.4, 0.5) is 13.2 Å². The van der Waals surface area contributed by atoms with E-state index >= 15 is 0 Å². The van der Waals surface area contributed by atoms with Gasteiger partial charge in [-0.1, -0.05) is 13.8 Å². The summed E-state index contributed by atoms with van der Waals surface area (Å²) in [4.78, 5) is 11.4. The quantitative estimate of drug-likeness (QED) is 0.737. The SMILES string of the molecule is CCC(CC)NC(=O)CNS(=O)(=O)c1ccc(OC(F)(F)F)cc1. The number of hydrogen-bond donors (Lipinski definition) is 2. The third kappa shape index (κ3) is 6.75. The van der Waals surface area contributed by atoms with Gasteiger partial charge in [-0.05, 0) is 37.1 Å². The van der Waals surface area contributed by atoms with Crippen LogP contribution in [0, 0.1) is 0 Å². The minimum Gasteiger partial charge on any atom is -0.406 e. The van der Waals surface area contributed by atoms with Crippen LogP contribution in [0.3, 0.4) is 0 Å². The highest BCUT2D eigenvalue weighted by Crippen LogP contribution is 2.23. The number of nitrogens with one attached hydrogen (secondary N) is 2. The highest BCUT2D eigenvalue weighted by atomic mass is 32.2. The molecule has 0 saturated heterocycles. The van der Waals surface area contributed by atoms with Gasteiger partial charge in [0, 0.05) is 6.04 Å². The molecule has 0 radical (unpaired) electrons. The van der Waals surface area contributed by atoms with Crippen molar-refractivity contribution in [2.24, 2.45) is 0 Å². The number of sulfonamides is 1. The fourth-order valence-electron chi connectivity index (χ4n) is 1.84. The lowest BCUT2D eigenvalue weighted by Gasteiger charge is -2.15. The highest BCUT2D eigenvalue weighted by Gasteiger charge is 2.31. The summed E-state index contributed by atoms with van der Waals surface area (Å²) < 4.78 is 65.9. The minimum atomic E-state index is -4.86. The fraction of sp³-hybridized carbons (Fsp3) is 0.500. The summed E-state index contributed by atoms with van der Waals surface area (Å²) in [6, 6.07) is 3.64. The maximum Gasteiger partial charge on any atom is 0.573 e. The third-order valence-corrected chi connectivity index (χ3v) is 4.56. The van der Waals surface area contributed by atoms with Gasteiger partial charge in [0.15, 0.2) is 0 Å². The van der Waals surface area contributed by atoms with Crippen molar-refractivity contribution in [2.75, 3.05) is 6.54 Å². The first-order valence-corrected chi connectivity index (χ1v) is 8.70. The van der Waals surface area contributed by atoms with E-state index in [0.29, 0.717) is 0 Å². The summed E-state index contributed by atoms with van der Waals surface area (Å²) in [5.41, 5.74) is 0. The second-order valence-electron chi connectivity index (χ2n) is 4.92. The van der Waals surface area contributed by atoms with Gasteiger partial charge in [0.25, 0.3) is 0 Å². The zero-order valence-electron chi connectivity index (χ0n) is 13.2.